The molecule has 6 aromatic heterocycles. The normalized spacial score (nSPS) is 13.8. The summed E-state index contributed by atoms with van der Waals surface area (Å²) in [5, 5.41) is 11.3. The van der Waals surface area contributed by atoms with Gasteiger partial charge < -0.3 is 14.9 Å². The van der Waals surface area contributed by atoms with Gasteiger partial charge in [-0.05, 0) is 31.9 Å². The number of carbonyl (C=O) groups is 1. The van der Waals surface area contributed by atoms with Crippen molar-refractivity contribution in [1.29, 1.82) is 0 Å². The Morgan fingerprint density at radius 2 is 1.92 bits per heavy atom. The molecule has 0 bridgehead atoms. The summed E-state index contributed by atoms with van der Waals surface area (Å²) < 4.78 is 1.91. The highest BCUT2D eigenvalue weighted by atomic mass is 16.1. The minimum atomic E-state index is 0.0560. The Morgan fingerprint density at radius 1 is 1.05 bits per heavy atom. The van der Waals surface area contributed by atoms with Crippen LogP contribution in [0.3, 0.4) is 0 Å². The highest BCUT2D eigenvalue weighted by Gasteiger charge is 2.25. The number of hydrogen-bond acceptors (Lipinski definition) is 7. The smallest absolute Gasteiger partial charge is 0.227 e. The van der Waals surface area contributed by atoms with E-state index < -0.39 is 0 Å². The second-order valence-corrected chi connectivity index (χ2v) is 9.34. The number of hydrogen-bond donors (Lipinski definition) is 3. The molecule has 6 heterocycles. The van der Waals surface area contributed by atoms with Gasteiger partial charge in [0.25, 0.3) is 0 Å². The lowest BCUT2D eigenvalue weighted by atomic mass is 9.85. The summed E-state index contributed by atoms with van der Waals surface area (Å²) in [4.78, 5) is 38.2. The van der Waals surface area contributed by atoms with Crippen molar-refractivity contribution in [3.63, 3.8) is 0 Å². The van der Waals surface area contributed by atoms with Crippen molar-refractivity contribution in [3.05, 3.63) is 61.3 Å². The van der Waals surface area contributed by atoms with Gasteiger partial charge in [0.15, 0.2) is 11.5 Å². The molecule has 1 aliphatic rings. The average Bonchev–Trinajstić information content (AvgIpc) is 3.60. The number of carbonyl (C=O) groups excluding carboxylic acids is 1. The number of nitrogens with one attached hydrogen (secondary N) is 3. The zero-order valence-electron chi connectivity index (χ0n) is 19.9. The molecule has 3 N–H and O–H groups in total. The van der Waals surface area contributed by atoms with E-state index in [0.29, 0.717) is 17.2 Å². The summed E-state index contributed by atoms with van der Waals surface area (Å²) in [5.41, 5.74) is 6.98. The highest BCUT2D eigenvalue weighted by molar-refractivity contribution is 5.96. The lowest BCUT2D eigenvalue weighted by molar-refractivity contribution is -0.122. The van der Waals surface area contributed by atoms with Crippen molar-refractivity contribution in [2.24, 2.45) is 5.92 Å². The van der Waals surface area contributed by atoms with Crippen LogP contribution in [0.15, 0.2) is 55.6 Å². The maximum Gasteiger partial charge on any atom is 0.227 e. The Hall–Kier alpha value is -4.93. The molecule has 1 fully saturated rings. The molecule has 0 radical (unpaired) electrons. The Labute approximate surface area is 210 Å². The van der Waals surface area contributed by atoms with E-state index in [4.69, 9.17) is 4.98 Å². The number of anilines is 1. The first kappa shape index (κ1) is 21.4. The molecule has 11 heteroatoms. The average molecular weight is 491 g/mol. The molecule has 0 aromatic carbocycles. The van der Waals surface area contributed by atoms with Crippen molar-refractivity contribution >= 4 is 33.7 Å². The molecule has 0 saturated heterocycles. The summed E-state index contributed by atoms with van der Waals surface area (Å²) in [5.74, 6) is 0.787. The van der Waals surface area contributed by atoms with Gasteiger partial charge in [0.05, 0.1) is 52.9 Å². The van der Waals surface area contributed by atoms with Crippen molar-refractivity contribution in [2.75, 3.05) is 5.32 Å². The number of H-pyrrole nitrogens is 2. The number of aromatic nitrogens is 9. The third-order valence-electron chi connectivity index (χ3n) is 6.83. The minimum absolute atomic E-state index is 0.0560. The van der Waals surface area contributed by atoms with Gasteiger partial charge in [-0.2, -0.15) is 5.10 Å². The zero-order chi connectivity index (χ0) is 24.9. The second-order valence-electron chi connectivity index (χ2n) is 9.34. The van der Waals surface area contributed by atoms with Crippen LogP contribution >= 0.6 is 0 Å². The van der Waals surface area contributed by atoms with Crippen molar-refractivity contribution in [3.8, 4) is 28.3 Å². The van der Waals surface area contributed by atoms with Crippen molar-refractivity contribution < 1.29 is 4.79 Å². The van der Waals surface area contributed by atoms with E-state index in [1.54, 1.807) is 37.3 Å². The van der Waals surface area contributed by atoms with Crippen LogP contribution in [0.2, 0.25) is 0 Å². The molecule has 0 unspecified atom stereocenters. The first-order valence-electron chi connectivity index (χ1n) is 12.1. The number of nitrogens with zero attached hydrogens (tertiary/aromatic N) is 7. The standard InChI is InChI=1S/C26H22N10O/c1-14-12-36(13-30-14)21-11-28-10-20-23(21)33-25(32-20)22-19-6-17(8-29-24(19)35-34-22)16-5-18(9-27-7-16)31-26(37)15-3-2-4-15/h5-13,15H,2-4H2,1H3,(H,31,37)(H,32,33)(H,29,34,35). The topological polar surface area (TPSA) is 143 Å². The molecule has 182 valence electrons. The van der Waals surface area contributed by atoms with Gasteiger partial charge in [0.1, 0.15) is 11.2 Å². The Bertz CT molecular complexity index is 1790. The molecule has 0 aliphatic heterocycles. The van der Waals surface area contributed by atoms with E-state index >= 15 is 0 Å². The largest absolute Gasteiger partial charge is 0.335 e. The zero-order valence-corrected chi connectivity index (χ0v) is 19.9. The van der Waals surface area contributed by atoms with E-state index in [-0.39, 0.29) is 11.8 Å². The molecule has 7 rings (SSSR count). The summed E-state index contributed by atoms with van der Waals surface area (Å²) in [6.45, 7) is 1.94. The second kappa shape index (κ2) is 8.33. The summed E-state index contributed by atoms with van der Waals surface area (Å²) >= 11 is 0. The lowest BCUT2D eigenvalue weighted by Crippen LogP contribution is -2.28. The maximum atomic E-state index is 12.4. The van der Waals surface area contributed by atoms with E-state index in [9.17, 15) is 4.79 Å². The molecule has 6 aromatic rings. The minimum Gasteiger partial charge on any atom is -0.335 e. The highest BCUT2D eigenvalue weighted by Crippen LogP contribution is 2.31. The monoisotopic (exact) mass is 490 g/mol. The summed E-state index contributed by atoms with van der Waals surface area (Å²) in [6.07, 6.45) is 15.4. The third kappa shape index (κ3) is 3.71. The van der Waals surface area contributed by atoms with Crippen LogP contribution in [0.25, 0.3) is 50.4 Å². The van der Waals surface area contributed by atoms with Gasteiger partial charge >= 0.3 is 0 Å². The molecule has 0 atom stereocenters. The van der Waals surface area contributed by atoms with Crippen LogP contribution in [0.5, 0.6) is 0 Å². The van der Waals surface area contributed by atoms with Crippen molar-refractivity contribution in [2.45, 2.75) is 26.2 Å². The van der Waals surface area contributed by atoms with Crippen LogP contribution in [-0.2, 0) is 4.79 Å². The Morgan fingerprint density at radius 3 is 2.73 bits per heavy atom. The van der Waals surface area contributed by atoms with Crippen LogP contribution < -0.4 is 5.32 Å². The molecular weight excluding hydrogens is 468 g/mol. The molecule has 1 saturated carbocycles. The maximum absolute atomic E-state index is 12.4. The number of aryl methyl sites for hydroxylation is 1. The van der Waals surface area contributed by atoms with E-state index in [0.717, 1.165) is 63.9 Å². The number of pyridine rings is 3. The molecule has 37 heavy (non-hydrogen) atoms. The fraction of sp³-hybridized carbons (Fsp3) is 0.192. The molecule has 1 amide bonds. The fourth-order valence-electron chi connectivity index (χ4n) is 4.60. The van der Waals surface area contributed by atoms with Gasteiger partial charge in [-0.25, -0.2) is 15.0 Å². The number of rotatable bonds is 5. The van der Waals surface area contributed by atoms with Crippen LogP contribution in [0.4, 0.5) is 5.69 Å². The van der Waals surface area contributed by atoms with Crippen LogP contribution in [-0.4, -0.2) is 50.6 Å². The predicted octanol–water partition coefficient (Wildman–Crippen LogP) is 4.19. The number of aromatic amines is 2. The quantitative estimate of drug-likeness (QED) is 0.329. The SMILES string of the molecule is Cc1cn(-c2cncc3[nH]c(-c4[nH]nc5ncc(-c6cncc(NC(=O)C7CCC7)c6)cc45)nc23)cn1. The summed E-state index contributed by atoms with van der Waals surface area (Å²) in [7, 11) is 0. The Kier molecular flexibility index (Phi) is 4.81. The molecular formula is C26H22N10O. The van der Waals surface area contributed by atoms with E-state index in [1.165, 1.54) is 0 Å². The van der Waals surface area contributed by atoms with E-state index in [1.807, 2.05) is 29.8 Å². The van der Waals surface area contributed by atoms with E-state index in [2.05, 4.69) is 40.4 Å². The van der Waals surface area contributed by atoms with Gasteiger partial charge in [-0.1, -0.05) is 6.42 Å². The van der Waals surface area contributed by atoms with Crippen molar-refractivity contribution in [1.82, 2.24) is 44.7 Å². The Balaban J connectivity index is 1.26. The van der Waals surface area contributed by atoms with Crippen LogP contribution in [0.1, 0.15) is 25.0 Å². The number of imidazole rings is 2. The first-order valence-corrected chi connectivity index (χ1v) is 12.1. The van der Waals surface area contributed by atoms with Gasteiger partial charge in [-0.3, -0.25) is 19.9 Å². The lowest BCUT2D eigenvalue weighted by Gasteiger charge is -2.24. The fourth-order valence-corrected chi connectivity index (χ4v) is 4.60. The molecule has 0 spiro atoms. The third-order valence-corrected chi connectivity index (χ3v) is 6.83. The molecule has 11 nitrogen and oxygen atoms in total. The van der Waals surface area contributed by atoms with Gasteiger partial charge in [-0.15, -0.1) is 0 Å². The van der Waals surface area contributed by atoms with Gasteiger partial charge in [0.2, 0.25) is 5.91 Å². The van der Waals surface area contributed by atoms with Gasteiger partial charge in [0, 0.05) is 35.6 Å². The number of fused-ring (bicyclic) bond motifs is 2. The predicted molar refractivity (Wildman–Crippen MR) is 138 cm³/mol. The molecule has 1 aliphatic carbocycles. The number of amides is 1. The summed E-state index contributed by atoms with van der Waals surface area (Å²) in [6, 6.07) is 3.92. The van der Waals surface area contributed by atoms with Crippen LogP contribution in [0, 0.1) is 12.8 Å². The first-order chi connectivity index (χ1) is 18.1.